The van der Waals surface area contributed by atoms with Crippen LogP contribution in [-0.4, -0.2) is 49.6 Å². The van der Waals surface area contributed by atoms with Gasteiger partial charge in [0, 0.05) is 24.8 Å². The molecule has 2 aliphatic rings. The normalized spacial score (nSPS) is 19.5. The Hall–Kier alpha value is -2.21. The lowest BCUT2D eigenvalue weighted by molar-refractivity contribution is -0.0318. The highest BCUT2D eigenvalue weighted by molar-refractivity contribution is 5.96. The Kier molecular flexibility index (Phi) is 4.29. The molecule has 1 fully saturated rings. The molecule has 0 spiro atoms. The predicted molar refractivity (Wildman–Crippen MR) is 93.2 cm³/mol. The third-order valence-corrected chi connectivity index (χ3v) is 5.54. The Morgan fingerprint density at radius 3 is 2.76 bits per heavy atom. The topological polar surface area (TPSA) is 71.2 Å². The number of benzene rings is 1. The van der Waals surface area contributed by atoms with Crippen molar-refractivity contribution in [3.63, 3.8) is 0 Å². The molecule has 0 atom stereocenters. The van der Waals surface area contributed by atoms with Gasteiger partial charge in [0.2, 0.25) is 0 Å². The highest BCUT2D eigenvalue weighted by Gasteiger charge is 2.35. The number of fused-ring (bicyclic) bond motifs is 1. The fourth-order valence-electron chi connectivity index (χ4n) is 4.05. The quantitative estimate of drug-likeness (QED) is 0.925. The van der Waals surface area contributed by atoms with Crippen molar-refractivity contribution in [3.05, 3.63) is 47.3 Å². The monoisotopic (exact) mass is 340 g/mol. The number of piperidine rings is 1. The lowest BCUT2D eigenvalue weighted by Gasteiger charge is -2.38. The summed E-state index contributed by atoms with van der Waals surface area (Å²) in [7, 11) is 0. The van der Waals surface area contributed by atoms with Crippen LogP contribution in [0.5, 0.6) is 0 Å². The maximum Gasteiger partial charge on any atom is 0.254 e. The molecular formula is C19H24N4O2. The van der Waals surface area contributed by atoms with Gasteiger partial charge < -0.3 is 10.0 Å². The summed E-state index contributed by atoms with van der Waals surface area (Å²) < 4.78 is 1.66. The van der Waals surface area contributed by atoms with Gasteiger partial charge in [-0.15, -0.1) is 5.10 Å². The number of hydrogen-bond acceptors (Lipinski definition) is 4. The summed E-state index contributed by atoms with van der Waals surface area (Å²) in [5, 5.41) is 18.5. The minimum absolute atomic E-state index is 0.113. The molecule has 132 valence electrons. The molecule has 6 heteroatoms. The number of carbonyl (C=O) groups excluding carboxylic acids is 1. The van der Waals surface area contributed by atoms with E-state index in [1.165, 1.54) is 17.5 Å². The lowest BCUT2D eigenvalue weighted by Crippen LogP contribution is -2.49. The zero-order chi connectivity index (χ0) is 17.3. The van der Waals surface area contributed by atoms with Crippen LogP contribution in [0.2, 0.25) is 0 Å². The number of likely N-dealkylation sites (tertiary alicyclic amines) is 1. The highest BCUT2D eigenvalue weighted by Crippen LogP contribution is 2.28. The van der Waals surface area contributed by atoms with Gasteiger partial charge in [0.05, 0.1) is 18.3 Å². The molecule has 0 saturated carbocycles. The van der Waals surface area contributed by atoms with Gasteiger partial charge in [-0.1, -0.05) is 17.3 Å². The van der Waals surface area contributed by atoms with Gasteiger partial charge in [0.15, 0.2) is 0 Å². The van der Waals surface area contributed by atoms with Crippen LogP contribution in [0.4, 0.5) is 0 Å². The Bertz CT molecular complexity index is 749. The van der Waals surface area contributed by atoms with E-state index in [0.717, 1.165) is 24.8 Å². The lowest BCUT2D eigenvalue weighted by atomic mass is 9.87. The van der Waals surface area contributed by atoms with Crippen LogP contribution in [0.15, 0.2) is 30.6 Å². The Morgan fingerprint density at radius 1 is 1.20 bits per heavy atom. The summed E-state index contributed by atoms with van der Waals surface area (Å²) in [6.45, 7) is 1.58. The molecule has 1 amide bonds. The third-order valence-electron chi connectivity index (χ3n) is 5.54. The summed E-state index contributed by atoms with van der Waals surface area (Å²) in [5.41, 5.74) is 2.61. The standard InChI is InChI=1S/C19H24N4O2/c24-18(17-7-3-5-15-4-1-2-6-16(15)17)22-11-8-19(25,9-12-22)14-23-13-10-20-21-23/h3,5,7,10,13,25H,1-2,4,6,8-9,11-12,14H2. The summed E-state index contributed by atoms with van der Waals surface area (Å²) in [5.74, 6) is 0.113. The first-order chi connectivity index (χ1) is 12.1. The van der Waals surface area contributed by atoms with Gasteiger partial charge in [0.25, 0.3) is 5.91 Å². The number of carbonyl (C=O) groups is 1. The van der Waals surface area contributed by atoms with Crippen LogP contribution >= 0.6 is 0 Å². The van der Waals surface area contributed by atoms with Crippen molar-refractivity contribution >= 4 is 5.91 Å². The average molecular weight is 340 g/mol. The number of rotatable bonds is 3. The van der Waals surface area contributed by atoms with E-state index in [-0.39, 0.29) is 5.91 Å². The molecule has 2 aromatic rings. The number of hydrogen-bond donors (Lipinski definition) is 1. The predicted octanol–water partition coefficient (Wildman–Crippen LogP) is 1.82. The molecule has 0 unspecified atom stereocenters. The van der Waals surface area contributed by atoms with E-state index in [2.05, 4.69) is 16.4 Å². The first-order valence-corrected chi connectivity index (χ1v) is 9.11. The van der Waals surface area contributed by atoms with Crippen LogP contribution in [0.1, 0.15) is 47.2 Å². The molecule has 1 aromatic carbocycles. The molecular weight excluding hydrogens is 316 g/mol. The molecule has 4 rings (SSSR count). The fraction of sp³-hybridized carbons (Fsp3) is 0.526. The minimum Gasteiger partial charge on any atom is -0.388 e. The number of aromatic nitrogens is 3. The molecule has 1 aliphatic carbocycles. The van der Waals surface area contributed by atoms with E-state index < -0.39 is 5.60 Å². The van der Waals surface area contributed by atoms with Crippen molar-refractivity contribution in [1.82, 2.24) is 19.9 Å². The molecule has 25 heavy (non-hydrogen) atoms. The molecule has 1 aromatic heterocycles. The molecule has 1 saturated heterocycles. The smallest absolute Gasteiger partial charge is 0.254 e. The zero-order valence-electron chi connectivity index (χ0n) is 14.4. The van der Waals surface area contributed by atoms with E-state index in [0.29, 0.717) is 32.5 Å². The molecule has 1 N–H and O–H groups in total. The second-order valence-corrected chi connectivity index (χ2v) is 7.27. The van der Waals surface area contributed by atoms with Gasteiger partial charge in [-0.3, -0.25) is 4.79 Å². The minimum atomic E-state index is -0.819. The maximum absolute atomic E-state index is 13.0. The molecule has 1 aliphatic heterocycles. The largest absolute Gasteiger partial charge is 0.388 e. The van der Waals surface area contributed by atoms with E-state index >= 15 is 0 Å². The molecule has 6 nitrogen and oxygen atoms in total. The number of aliphatic hydroxyl groups is 1. The second-order valence-electron chi connectivity index (χ2n) is 7.27. The van der Waals surface area contributed by atoms with Gasteiger partial charge >= 0.3 is 0 Å². The molecule has 0 bridgehead atoms. The Balaban J connectivity index is 1.45. The fourth-order valence-corrected chi connectivity index (χ4v) is 4.05. The number of aryl methyl sites for hydroxylation is 1. The third kappa shape index (κ3) is 3.31. The van der Waals surface area contributed by atoms with Gasteiger partial charge in [-0.05, 0) is 55.7 Å². The van der Waals surface area contributed by atoms with E-state index in [9.17, 15) is 9.90 Å². The van der Waals surface area contributed by atoms with Crippen molar-refractivity contribution in [2.24, 2.45) is 0 Å². The number of nitrogens with zero attached hydrogens (tertiary/aromatic N) is 4. The van der Waals surface area contributed by atoms with Crippen molar-refractivity contribution in [1.29, 1.82) is 0 Å². The maximum atomic E-state index is 13.0. The second kappa shape index (κ2) is 6.59. The highest BCUT2D eigenvalue weighted by atomic mass is 16.3. The van der Waals surface area contributed by atoms with Crippen LogP contribution in [-0.2, 0) is 19.4 Å². The van der Waals surface area contributed by atoms with Gasteiger partial charge in [0.1, 0.15) is 0 Å². The number of amides is 1. The van der Waals surface area contributed by atoms with Crippen LogP contribution in [0.25, 0.3) is 0 Å². The van der Waals surface area contributed by atoms with Crippen LogP contribution in [0, 0.1) is 0 Å². The van der Waals surface area contributed by atoms with Crippen molar-refractivity contribution < 1.29 is 9.90 Å². The first kappa shape index (κ1) is 16.3. The Morgan fingerprint density at radius 2 is 2.00 bits per heavy atom. The van der Waals surface area contributed by atoms with Gasteiger partial charge in [-0.25, -0.2) is 4.68 Å². The van der Waals surface area contributed by atoms with Crippen molar-refractivity contribution in [3.8, 4) is 0 Å². The average Bonchev–Trinajstić information content (AvgIpc) is 3.14. The van der Waals surface area contributed by atoms with Crippen molar-refractivity contribution in [2.75, 3.05) is 13.1 Å². The van der Waals surface area contributed by atoms with E-state index in [1.54, 1.807) is 17.1 Å². The van der Waals surface area contributed by atoms with E-state index in [1.807, 2.05) is 17.0 Å². The summed E-state index contributed by atoms with van der Waals surface area (Å²) >= 11 is 0. The summed E-state index contributed by atoms with van der Waals surface area (Å²) in [6, 6.07) is 6.11. The zero-order valence-corrected chi connectivity index (χ0v) is 14.4. The molecule has 0 radical (unpaired) electrons. The summed E-state index contributed by atoms with van der Waals surface area (Å²) in [4.78, 5) is 14.9. The SMILES string of the molecule is O=C(c1cccc2c1CCCC2)N1CCC(O)(Cn2ccnn2)CC1. The van der Waals surface area contributed by atoms with Gasteiger partial charge in [-0.2, -0.15) is 0 Å². The molecule has 2 heterocycles. The first-order valence-electron chi connectivity index (χ1n) is 9.11. The van der Waals surface area contributed by atoms with E-state index in [4.69, 9.17) is 0 Å². The van der Waals surface area contributed by atoms with Crippen molar-refractivity contribution in [2.45, 2.75) is 50.7 Å². The summed E-state index contributed by atoms with van der Waals surface area (Å²) in [6.07, 6.45) is 8.95. The van der Waals surface area contributed by atoms with Crippen LogP contribution < -0.4 is 0 Å². The van der Waals surface area contributed by atoms with Crippen LogP contribution in [0.3, 0.4) is 0 Å². The Labute approximate surface area is 147 Å².